The van der Waals surface area contributed by atoms with Crippen molar-refractivity contribution in [1.29, 1.82) is 0 Å². The van der Waals surface area contributed by atoms with E-state index in [0.717, 1.165) is 55.3 Å². The molecule has 0 spiro atoms. The zero-order chi connectivity index (χ0) is 21.1. The third kappa shape index (κ3) is 3.28. The Hall–Kier alpha value is -2.43. The molecule has 0 radical (unpaired) electrons. The number of benzene rings is 1. The third-order valence-electron chi connectivity index (χ3n) is 6.01. The van der Waals surface area contributed by atoms with Crippen LogP contribution < -0.4 is 15.2 Å². The molecule has 1 aromatic heterocycles. The second kappa shape index (κ2) is 6.79. The lowest BCUT2D eigenvalue weighted by atomic mass is 9.99. The molecule has 0 bridgehead atoms. The molecule has 4 N–H and O–H groups in total. The van der Waals surface area contributed by atoms with E-state index in [2.05, 4.69) is 20.8 Å². The van der Waals surface area contributed by atoms with E-state index in [1.807, 2.05) is 0 Å². The largest absolute Gasteiger partial charge is 0.474 e. The monoisotopic (exact) mass is 431 g/mol. The van der Waals surface area contributed by atoms with Crippen LogP contribution in [0.1, 0.15) is 42.0 Å². The number of anilines is 1. The maximum Gasteiger partial charge on any atom is 0.354 e. The molecule has 10 heteroatoms. The molecule has 160 valence electrons. The van der Waals surface area contributed by atoms with Crippen LogP contribution in [-0.2, 0) is 42.1 Å². The van der Waals surface area contributed by atoms with Gasteiger partial charge in [-0.15, -0.1) is 4.36 Å². The van der Waals surface area contributed by atoms with Crippen molar-refractivity contribution in [3.8, 4) is 5.88 Å². The van der Waals surface area contributed by atoms with Crippen LogP contribution in [0, 0.1) is 0 Å². The van der Waals surface area contributed by atoms with Crippen LogP contribution in [0.5, 0.6) is 5.88 Å². The number of ether oxygens (including phenoxy) is 1. The van der Waals surface area contributed by atoms with E-state index in [9.17, 15) is 14.1 Å². The molecule has 2 aliphatic carbocycles. The lowest BCUT2D eigenvalue weighted by Gasteiger charge is -2.29. The van der Waals surface area contributed by atoms with Crippen molar-refractivity contribution in [2.24, 2.45) is 9.50 Å². The normalized spacial score (nSPS) is 23.7. The van der Waals surface area contributed by atoms with Crippen LogP contribution in [0.15, 0.2) is 21.5 Å². The molecule has 3 aliphatic rings. The number of nitrogens with one attached hydrogen (secondary N) is 1. The number of carbonyl (C=O) groups is 1. The number of rotatable bonds is 2. The summed E-state index contributed by atoms with van der Waals surface area (Å²) in [5, 5.41) is 23.0. The standard InChI is InChI=1S/C20H25N5O4S/c1-20(27)10-25-18(29-11-20)16(9-22-25)30(21,28)24-19(26)23-17-14-6-2-4-12(14)8-13-5-3-7-15(13)17/h8-9,27H,2-7,10-11H2,1H3,(H3,21,23,24,26,28)/t20-,30?/m0/s1. The van der Waals surface area contributed by atoms with Gasteiger partial charge in [0.25, 0.3) is 0 Å². The van der Waals surface area contributed by atoms with Crippen LogP contribution >= 0.6 is 0 Å². The van der Waals surface area contributed by atoms with E-state index in [4.69, 9.17) is 9.88 Å². The molecule has 1 aromatic carbocycles. The summed E-state index contributed by atoms with van der Waals surface area (Å²) in [5.41, 5.74) is 4.63. The molecule has 30 heavy (non-hydrogen) atoms. The van der Waals surface area contributed by atoms with E-state index in [0.29, 0.717) is 0 Å². The first-order valence-corrected chi connectivity index (χ1v) is 11.7. The molecule has 2 amide bonds. The molecule has 0 saturated heterocycles. The molecule has 2 heterocycles. The number of amides is 2. The van der Waals surface area contributed by atoms with Crippen LogP contribution in [0.2, 0.25) is 0 Å². The predicted octanol–water partition coefficient (Wildman–Crippen LogP) is 1.94. The maximum absolute atomic E-state index is 13.1. The zero-order valence-corrected chi connectivity index (χ0v) is 17.6. The van der Waals surface area contributed by atoms with E-state index in [1.54, 1.807) is 6.92 Å². The highest BCUT2D eigenvalue weighted by Crippen LogP contribution is 2.38. The number of fused-ring (bicyclic) bond motifs is 3. The average molecular weight is 432 g/mol. The van der Waals surface area contributed by atoms with Gasteiger partial charge in [-0.25, -0.2) is 18.8 Å². The number of nitrogens with two attached hydrogens (primary N) is 1. The Bertz CT molecular complexity index is 1140. The van der Waals surface area contributed by atoms with Gasteiger partial charge in [-0.2, -0.15) is 5.10 Å². The summed E-state index contributed by atoms with van der Waals surface area (Å²) in [6, 6.07) is 1.54. The van der Waals surface area contributed by atoms with Gasteiger partial charge in [-0.05, 0) is 67.7 Å². The highest BCUT2D eigenvalue weighted by Gasteiger charge is 2.33. The van der Waals surface area contributed by atoms with E-state index < -0.39 is 21.5 Å². The number of nitrogens with zero attached hydrogens (tertiary/aromatic N) is 3. The smallest absolute Gasteiger partial charge is 0.354 e. The van der Waals surface area contributed by atoms with Gasteiger partial charge in [0.2, 0.25) is 5.88 Å². The average Bonchev–Trinajstić information content (AvgIpc) is 3.38. The Morgan fingerprint density at radius 3 is 2.63 bits per heavy atom. The van der Waals surface area contributed by atoms with Crippen molar-refractivity contribution >= 4 is 21.6 Å². The highest BCUT2D eigenvalue weighted by molar-refractivity contribution is 7.91. The van der Waals surface area contributed by atoms with E-state index in [1.165, 1.54) is 22.0 Å². The fourth-order valence-electron chi connectivity index (χ4n) is 4.68. The minimum absolute atomic E-state index is 0.00962. The summed E-state index contributed by atoms with van der Waals surface area (Å²) in [5.74, 6) is 0.173. The number of aliphatic hydroxyl groups is 1. The minimum atomic E-state index is -3.57. The Kier molecular flexibility index (Phi) is 4.42. The van der Waals surface area contributed by atoms with E-state index in [-0.39, 0.29) is 23.9 Å². The van der Waals surface area contributed by atoms with Crippen molar-refractivity contribution in [2.75, 3.05) is 11.9 Å². The SMILES string of the molecule is C[C@@]1(O)COc2c(S(N)(=O)=NC(=O)Nc3c4c(cc5c3CCC5)CCC4)cnn2C1. The topological polar surface area (TPSA) is 132 Å². The van der Waals surface area contributed by atoms with Gasteiger partial charge < -0.3 is 15.2 Å². The Labute approximate surface area is 174 Å². The lowest BCUT2D eigenvalue weighted by molar-refractivity contribution is -0.0325. The zero-order valence-electron chi connectivity index (χ0n) is 16.8. The first-order valence-electron chi connectivity index (χ1n) is 10.2. The number of urea groups is 1. The van der Waals surface area contributed by atoms with Gasteiger partial charge in [0, 0.05) is 5.69 Å². The second-order valence-corrected chi connectivity index (χ2v) is 10.3. The molecule has 1 aliphatic heterocycles. The quantitative estimate of drug-likeness (QED) is 0.668. The van der Waals surface area contributed by atoms with Gasteiger partial charge in [-0.1, -0.05) is 6.07 Å². The number of hydrogen-bond donors (Lipinski definition) is 3. The summed E-state index contributed by atoms with van der Waals surface area (Å²) in [6.45, 7) is 1.80. The van der Waals surface area contributed by atoms with Crippen LogP contribution in [0.25, 0.3) is 0 Å². The van der Waals surface area contributed by atoms with Crippen LogP contribution in [0.4, 0.5) is 10.5 Å². The second-order valence-electron chi connectivity index (χ2n) is 8.58. The predicted molar refractivity (Wildman–Crippen MR) is 111 cm³/mol. The first kappa shape index (κ1) is 19.5. The molecular formula is C20H25N5O4S. The molecule has 2 aromatic rings. The van der Waals surface area contributed by atoms with Crippen LogP contribution in [-0.4, -0.2) is 37.3 Å². The molecular weight excluding hydrogens is 406 g/mol. The summed E-state index contributed by atoms with van der Waals surface area (Å²) in [4.78, 5) is 12.8. The number of aryl methyl sites for hydroxylation is 2. The van der Waals surface area contributed by atoms with Gasteiger partial charge in [0.1, 0.15) is 17.1 Å². The number of aromatic nitrogens is 2. The molecule has 5 rings (SSSR count). The van der Waals surface area contributed by atoms with Crippen molar-refractivity contribution in [1.82, 2.24) is 9.78 Å². The minimum Gasteiger partial charge on any atom is -0.474 e. The van der Waals surface area contributed by atoms with Crippen molar-refractivity contribution in [3.63, 3.8) is 0 Å². The van der Waals surface area contributed by atoms with Crippen molar-refractivity contribution < 1.29 is 18.8 Å². The summed E-state index contributed by atoms with van der Waals surface area (Å²) < 4.78 is 23.8. The fourth-order valence-corrected chi connectivity index (χ4v) is 5.68. The first-order chi connectivity index (χ1) is 14.2. The molecule has 0 fully saturated rings. The molecule has 9 nitrogen and oxygen atoms in total. The highest BCUT2D eigenvalue weighted by atomic mass is 32.2. The Morgan fingerprint density at radius 1 is 1.30 bits per heavy atom. The summed E-state index contributed by atoms with van der Waals surface area (Å²) in [6.07, 6.45) is 7.28. The lowest BCUT2D eigenvalue weighted by Crippen LogP contribution is -2.41. The van der Waals surface area contributed by atoms with Crippen molar-refractivity contribution in [2.45, 2.75) is 62.5 Å². The Morgan fingerprint density at radius 2 is 1.97 bits per heavy atom. The van der Waals surface area contributed by atoms with Crippen molar-refractivity contribution in [3.05, 3.63) is 34.5 Å². The number of hydrogen-bond acceptors (Lipinski definition) is 5. The molecule has 1 unspecified atom stereocenters. The number of carbonyl (C=O) groups excluding carboxylic acids is 1. The summed E-state index contributed by atoms with van der Waals surface area (Å²) in [7, 11) is -3.57. The maximum atomic E-state index is 13.1. The van der Waals surface area contributed by atoms with Crippen LogP contribution in [0.3, 0.4) is 0 Å². The van der Waals surface area contributed by atoms with Gasteiger partial charge in [0.15, 0.2) is 9.92 Å². The van der Waals surface area contributed by atoms with Gasteiger partial charge >= 0.3 is 6.03 Å². The van der Waals surface area contributed by atoms with Gasteiger partial charge in [-0.3, -0.25) is 0 Å². The van der Waals surface area contributed by atoms with Gasteiger partial charge in [0.05, 0.1) is 12.7 Å². The Balaban J connectivity index is 1.47. The molecule has 0 saturated carbocycles. The van der Waals surface area contributed by atoms with E-state index >= 15 is 0 Å². The molecule has 2 atom stereocenters. The fraction of sp³-hybridized carbons (Fsp3) is 0.500. The third-order valence-corrected chi connectivity index (χ3v) is 7.36. The summed E-state index contributed by atoms with van der Waals surface area (Å²) >= 11 is 0.